The van der Waals surface area contributed by atoms with Crippen molar-refractivity contribution in [2.24, 2.45) is 4.99 Å². The molecule has 0 amide bonds. The third-order valence-corrected chi connectivity index (χ3v) is 2.72. The Morgan fingerprint density at radius 3 is 2.40 bits per heavy atom. The first-order valence-electron chi connectivity index (χ1n) is 5.82. The van der Waals surface area contributed by atoms with Crippen molar-refractivity contribution >= 4 is 5.71 Å². The Morgan fingerprint density at radius 2 is 1.90 bits per heavy atom. The summed E-state index contributed by atoms with van der Waals surface area (Å²) in [6, 6.07) is 6.91. The van der Waals surface area contributed by atoms with Crippen LogP contribution in [0.25, 0.3) is 11.4 Å². The van der Waals surface area contributed by atoms with Crippen LogP contribution in [0.4, 0.5) is 13.2 Å². The van der Waals surface area contributed by atoms with Gasteiger partial charge in [-0.15, -0.1) is 0 Å². The van der Waals surface area contributed by atoms with Gasteiger partial charge in [0.1, 0.15) is 0 Å². The van der Waals surface area contributed by atoms with Crippen LogP contribution in [0.3, 0.4) is 0 Å². The van der Waals surface area contributed by atoms with Crippen LogP contribution in [0.2, 0.25) is 0 Å². The molecule has 0 atom stereocenters. The Balaban J connectivity index is 2.20. The number of halogens is 3. The van der Waals surface area contributed by atoms with Gasteiger partial charge in [-0.3, -0.25) is 4.99 Å². The molecule has 2 rings (SSSR count). The Morgan fingerprint density at radius 1 is 1.25 bits per heavy atom. The van der Waals surface area contributed by atoms with Gasteiger partial charge in [0, 0.05) is 24.7 Å². The van der Waals surface area contributed by atoms with E-state index in [1.807, 2.05) is 6.92 Å². The molecular formula is C13H12F3N3O. The molecule has 0 spiro atoms. The van der Waals surface area contributed by atoms with Crippen LogP contribution in [0.1, 0.15) is 18.4 Å². The smallest absolute Gasteiger partial charge is 0.329 e. The maximum absolute atomic E-state index is 12.4. The molecule has 2 aromatic rings. The number of aliphatic imine (C=N–C) groups is 1. The lowest BCUT2D eigenvalue weighted by atomic mass is 10.1. The van der Waals surface area contributed by atoms with Crippen LogP contribution in [-0.2, 0) is 12.6 Å². The van der Waals surface area contributed by atoms with Crippen LogP contribution < -0.4 is 0 Å². The highest BCUT2D eigenvalue weighted by molar-refractivity contribution is 5.84. The molecule has 0 saturated carbocycles. The highest BCUT2D eigenvalue weighted by Crippen LogP contribution is 2.29. The average molecular weight is 283 g/mol. The first kappa shape index (κ1) is 14.2. The van der Waals surface area contributed by atoms with Crippen LogP contribution >= 0.6 is 0 Å². The molecule has 0 bridgehead atoms. The number of alkyl halides is 3. The standard InChI is InChI=1S/C13H12F3N3O/c1-8(17-2)7-9-3-5-10(6-4-9)11-18-12(20-19-11)13(14,15)16/h3-6H,7H2,1-2H3. The predicted molar refractivity (Wildman–Crippen MR) is 67.5 cm³/mol. The summed E-state index contributed by atoms with van der Waals surface area (Å²) in [6.45, 7) is 1.91. The quantitative estimate of drug-likeness (QED) is 0.811. The summed E-state index contributed by atoms with van der Waals surface area (Å²) in [6.07, 6.45) is -3.93. The van der Waals surface area contributed by atoms with E-state index in [1.165, 1.54) is 0 Å². The van der Waals surface area contributed by atoms with Crippen molar-refractivity contribution in [1.29, 1.82) is 0 Å². The number of hydrogen-bond acceptors (Lipinski definition) is 4. The molecule has 106 valence electrons. The van der Waals surface area contributed by atoms with E-state index in [1.54, 1.807) is 31.3 Å². The van der Waals surface area contributed by atoms with E-state index in [4.69, 9.17) is 0 Å². The van der Waals surface area contributed by atoms with Crippen LogP contribution in [0, 0.1) is 0 Å². The van der Waals surface area contributed by atoms with Crippen molar-refractivity contribution in [3.8, 4) is 11.4 Å². The fraction of sp³-hybridized carbons (Fsp3) is 0.308. The molecule has 20 heavy (non-hydrogen) atoms. The monoisotopic (exact) mass is 283 g/mol. The summed E-state index contributed by atoms with van der Waals surface area (Å²) in [7, 11) is 1.71. The lowest BCUT2D eigenvalue weighted by Gasteiger charge is -2.01. The fourth-order valence-corrected chi connectivity index (χ4v) is 1.60. The molecule has 1 heterocycles. The van der Waals surface area contributed by atoms with Gasteiger partial charge in [0.25, 0.3) is 0 Å². The largest absolute Gasteiger partial charge is 0.471 e. The summed E-state index contributed by atoms with van der Waals surface area (Å²) >= 11 is 0. The van der Waals surface area contributed by atoms with E-state index in [2.05, 4.69) is 19.7 Å². The molecule has 1 aromatic heterocycles. The molecule has 0 unspecified atom stereocenters. The van der Waals surface area contributed by atoms with Gasteiger partial charge >= 0.3 is 12.1 Å². The van der Waals surface area contributed by atoms with Crippen molar-refractivity contribution in [1.82, 2.24) is 10.1 Å². The van der Waals surface area contributed by atoms with Gasteiger partial charge in [0.05, 0.1) is 0 Å². The molecule has 1 aromatic carbocycles. The number of nitrogens with zero attached hydrogens (tertiary/aromatic N) is 3. The van der Waals surface area contributed by atoms with E-state index in [9.17, 15) is 13.2 Å². The average Bonchev–Trinajstić information content (AvgIpc) is 2.89. The number of aromatic nitrogens is 2. The SMILES string of the molecule is CN=C(C)Cc1ccc(-c2noc(C(F)(F)F)n2)cc1. The minimum atomic E-state index is -4.63. The summed E-state index contributed by atoms with van der Waals surface area (Å²) in [5, 5.41) is 3.33. The van der Waals surface area contributed by atoms with Crippen molar-refractivity contribution in [3.05, 3.63) is 35.7 Å². The molecule has 0 radical (unpaired) electrons. The molecule has 0 aliphatic rings. The Labute approximate surface area is 113 Å². The molecule has 0 saturated heterocycles. The van der Waals surface area contributed by atoms with Crippen LogP contribution in [0.5, 0.6) is 0 Å². The lowest BCUT2D eigenvalue weighted by molar-refractivity contribution is -0.159. The topological polar surface area (TPSA) is 51.3 Å². The second kappa shape index (κ2) is 5.44. The number of rotatable bonds is 3. The molecule has 0 aliphatic heterocycles. The Bertz CT molecular complexity index is 615. The summed E-state index contributed by atoms with van der Waals surface area (Å²) < 4.78 is 41.3. The maximum Gasteiger partial charge on any atom is 0.471 e. The van der Waals surface area contributed by atoms with Crippen molar-refractivity contribution in [3.63, 3.8) is 0 Å². The van der Waals surface area contributed by atoms with Gasteiger partial charge in [0.2, 0.25) is 5.82 Å². The normalized spacial score (nSPS) is 12.8. The molecule has 0 aliphatic carbocycles. The van der Waals surface area contributed by atoms with E-state index >= 15 is 0 Å². The zero-order chi connectivity index (χ0) is 14.8. The van der Waals surface area contributed by atoms with Gasteiger partial charge < -0.3 is 4.52 Å². The predicted octanol–water partition coefficient (Wildman–Crippen LogP) is 3.39. The summed E-state index contributed by atoms with van der Waals surface area (Å²) in [5.74, 6) is -1.42. The van der Waals surface area contributed by atoms with E-state index in [0.29, 0.717) is 12.0 Å². The Hall–Kier alpha value is -2.18. The number of benzene rings is 1. The first-order valence-corrected chi connectivity index (χ1v) is 5.82. The zero-order valence-electron chi connectivity index (χ0n) is 10.9. The first-order chi connectivity index (χ1) is 9.40. The third kappa shape index (κ3) is 3.23. The number of hydrogen-bond donors (Lipinski definition) is 0. The van der Waals surface area contributed by atoms with Crippen molar-refractivity contribution < 1.29 is 17.7 Å². The van der Waals surface area contributed by atoms with Gasteiger partial charge in [0.15, 0.2) is 0 Å². The van der Waals surface area contributed by atoms with Gasteiger partial charge in [-0.25, -0.2) is 0 Å². The summed E-state index contributed by atoms with van der Waals surface area (Å²) in [5.41, 5.74) is 2.45. The zero-order valence-corrected chi connectivity index (χ0v) is 10.9. The minimum Gasteiger partial charge on any atom is -0.329 e. The third-order valence-electron chi connectivity index (χ3n) is 2.72. The highest BCUT2D eigenvalue weighted by Gasteiger charge is 2.38. The van der Waals surface area contributed by atoms with Crippen molar-refractivity contribution in [2.45, 2.75) is 19.5 Å². The second-order valence-electron chi connectivity index (χ2n) is 4.25. The minimum absolute atomic E-state index is 0.0789. The maximum atomic E-state index is 12.4. The molecule has 0 N–H and O–H groups in total. The molecule has 4 nitrogen and oxygen atoms in total. The fourth-order valence-electron chi connectivity index (χ4n) is 1.60. The second-order valence-corrected chi connectivity index (χ2v) is 4.25. The van der Waals surface area contributed by atoms with Crippen LogP contribution in [-0.4, -0.2) is 22.9 Å². The van der Waals surface area contributed by atoms with Gasteiger partial charge in [-0.1, -0.05) is 29.4 Å². The Kier molecular flexibility index (Phi) is 3.87. The molecule has 0 fully saturated rings. The summed E-state index contributed by atoms with van der Waals surface area (Å²) in [4.78, 5) is 7.38. The van der Waals surface area contributed by atoms with E-state index in [-0.39, 0.29) is 5.82 Å². The van der Waals surface area contributed by atoms with Crippen molar-refractivity contribution in [2.75, 3.05) is 7.05 Å². The van der Waals surface area contributed by atoms with E-state index in [0.717, 1.165) is 11.3 Å². The van der Waals surface area contributed by atoms with Gasteiger partial charge in [-0.05, 0) is 12.5 Å². The van der Waals surface area contributed by atoms with E-state index < -0.39 is 12.1 Å². The van der Waals surface area contributed by atoms with Gasteiger partial charge in [-0.2, -0.15) is 18.2 Å². The lowest BCUT2D eigenvalue weighted by Crippen LogP contribution is -2.04. The molecule has 7 heteroatoms. The molecular weight excluding hydrogens is 271 g/mol. The van der Waals surface area contributed by atoms with Crippen LogP contribution in [0.15, 0.2) is 33.8 Å². The highest BCUT2D eigenvalue weighted by atomic mass is 19.4.